The number of benzene rings is 2. The van der Waals surface area contributed by atoms with Crippen LogP contribution in [0.2, 0.25) is 0 Å². The van der Waals surface area contributed by atoms with E-state index in [1.165, 1.54) is 38.5 Å². The number of rotatable bonds is 6. The number of hydrogen-bond acceptors (Lipinski definition) is 2. The maximum absolute atomic E-state index is 14.8. The molecule has 0 unspecified atom stereocenters. The smallest absolute Gasteiger partial charge is 0.131 e. The third-order valence-electron chi connectivity index (χ3n) is 5.95. The van der Waals surface area contributed by atoms with Crippen molar-refractivity contribution < 1.29 is 4.39 Å². The summed E-state index contributed by atoms with van der Waals surface area (Å²) in [5.41, 5.74) is 5.44. The first-order valence-electron chi connectivity index (χ1n) is 10.1. The maximum Gasteiger partial charge on any atom is 0.131 e. The van der Waals surface area contributed by atoms with Gasteiger partial charge in [0.25, 0.3) is 0 Å². The van der Waals surface area contributed by atoms with E-state index in [4.69, 9.17) is 0 Å². The summed E-state index contributed by atoms with van der Waals surface area (Å²) in [7, 11) is 0. The minimum absolute atomic E-state index is 0. The highest BCUT2D eigenvalue weighted by Gasteiger charge is 2.14. The number of aryl methyl sites for hydroxylation is 1. The van der Waals surface area contributed by atoms with Gasteiger partial charge in [0, 0.05) is 12.1 Å². The number of imidazole rings is 1. The van der Waals surface area contributed by atoms with Crippen LogP contribution < -0.4 is 5.32 Å². The maximum atomic E-state index is 14.8. The number of nitrogens with zero attached hydrogens (tertiary/aromatic N) is 1. The number of halogens is 2. The Balaban J connectivity index is 0.00000225. The zero-order chi connectivity index (χ0) is 18.6. The monoisotopic (exact) mass is 401 g/mol. The van der Waals surface area contributed by atoms with Crippen molar-refractivity contribution in [2.45, 2.75) is 52.0 Å². The third kappa shape index (κ3) is 4.56. The van der Waals surface area contributed by atoms with Crippen molar-refractivity contribution >= 4 is 23.4 Å². The summed E-state index contributed by atoms with van der Waals surface area (Å²) in [4.78, 5) is 7.45. The van der Waals surface area contributed by atoms with Gasteiger partial charge in [0.2, 0.25) is 0 Å². The average Bonchev–Trinajstić information content (AvgIpc) is 3.17. The molecule has 1 fully saturated rings. The van der Waals surface area contributed by atoms with Gasteiger partial charge < -0.3 is 10.3 Å². The standard InChI is InChI=1S/C23H28FN3.ClH/c1-16-19(9-10-22-23(16)27-15-26-22)20-8-7-18(13-21(20)24)14-25-12-11-17-5-3-2-4-6-17;/h7-10,13,15,17,25H,2-6,11-12,14H2,1H3,(H,26,27);1H. The highest BCUT2D eigenvalue weighted by molar-refractivity contribution is 5.86. The van der Waals surface area contributed by atoms with Gasteiger partial charge in [-0.1, -0.05) is 50.3 Å². The number of nitrogens with one attached hydrogen (secondary N) is 2. The van der Waals surface area contributed by atoms with Gasteiger partial charge in [-0.25, -0.2) is 9.37 Å². The van der Waals surface area contributed by atoms with Crippen LogP contribution in [0.4, 0.5) is 4.39 Å². The van der Waals surface area contributed by atoms with Gasteiger partial charge in [0.1, 0.15) is 5.82 Å². The number of H-pyrrole nitrogens is 1. The molecular formula is C23H29ClFN3. The topological polar surface area (TPSA) is 40.7 Å². The van der Waals surface area contributed by atoms with Crippen LogP contribution in [0.5, 0.6) is 0 Å². The predicted molar refractivity (Wildman–Crippen MR) is 116 cm³/mol. The van der Waals surface area contributed by atoms with Crippen molar-refractivity contribution in [3.05, 3.63) is 53.6 Å². The summed E-state index contributed by atoms with van der Waals surface area (Å²) in [5, 5.41) is 3.49. The molecule has 0 aliphatic heterocycles. The molecule has 1 aliphatic carbocycles. The molecule has 5 heteroatoms. The van der Waals surface area contributed by atoms with Gasteiger partial charge in [0.05, 0.1) is 17.4 Å². The van der Waals surface area contributed by atoms with Crippen LogP contribution in [-0.2, 0) is 6.54 Å². The molecular weight excluding hydrogens is 373 g/mol. The van der Waals surface area contributed by atoms with E-state index in [-0.39, 0.29) is 18.2 Å². The lowest BCUT2D eigenvalue weighted by molar-refractivity contribution is 0.334. The second kappa shape index (κ2) is 9.53. The van der Waals surface area contributed by atoms with Crippen molar-refractivity contribution in [2.24, 2.45) is 5.92 Å². The van der Waals surface area contributed by atoms with E-state index in [9.17, 15) is 4.39 Å². The summed E-state index contributed by atoms with van der Waals surface area (Å²) in [5.74, 6) is 0.713. The zero-order valence-corrected chi connectivity index (χ0v) is 17.2. The molecule has 2 N–H and O–H groups in total. The van der Waals surface area contributed by atoms with Gasteiger partial charge in [-0.05, 0) is 54.6 Å². The van der Waals surface area contributed by atoms with Crippen molar-refractivity contribution in [1.82, 2.24) is 15.3 Å². The van der Waals surface area contributed by atoms with Gasteiger partial charge in [0.15, 0.2) is 0 Å². The molecule has 150 valence electrons. The molecule has 0 bridgehead atoms. The van der Waals surface area contributed by atoms with E-state index < -0.39 is 0 Å². The molecule has 1 saturated carbocycles. The highest BCUT2D eigenvalue weighted by Crippen LogP contribution is 2.30. The Kier molecular flexibility index (Phi) is 7.08. The minimum atomic E-state index is -0.167. The van der Waals surface area contributed by atoms with Crippen molar-refractivity contribution in [3.63, 3.8) is 0 Å². The van der Waals surface area contributed by atoms with E-state index >= 15 is 0 Å². The molecule has 4 rings (SSSR count). The summed E-state index contributed by atoms with van der Waals surface area (Å²) in [6, 6.07) is 9.52. The molecule has 1 heterocycles. The number of aromatic amines is 1. The fourth-order valence-corrected chi connectivity index (χ4v) is 4.34. The van der Waals surface area contributed by atoms with E-state index in [0.717, 1.165) is 46.7 Å². The number of hydrogen-bond donors (Lipinski definition) is 2. The van der Waals surface area contributed by atoms with Crippen molar-refractivity contribution in [2.75, 3.05) is 6.54 Å². The van der Waals surface area contributed by atoms with E-state index in [0.29, 0.717) is 5.56 Å². The highest BCUT2D eigenvalue weighted by atomic mass is 35.5. The van der Waals surface area contributed by atoms with Crippen LogP contribution in [-0.4, -0.2) is 16.5 Å². The predicted octanol–water partition coefficient (Wildman–Crippen LogP) is 6.16. The Labute approximate surface area is 172 Å². The SMILES string of the molecule is Cc1c(-c2ccc(CNCCC3CCCCC3)cc2F)ccc2[nH]cnc12.Cl. The molecule has 0 amide bonds. The number of aromatic nitrogens is 2. The molecule has 28 heavy (non-hydrogen) atoms. The van der Waals surface area contributed by atoms with E-state index in [1.54, 1.807) is 12.4 Å². The fourth-order valence-electron chi connectivity index (χ4n) is 4.34. The summed E-state index contributed by atoms with van der Waals surface area (Å²) < 4.78 is 14.8. The quantitative estimate of drug-likeness (QED) is 0.485. The molecule has 1 aliphatic rings. The van der Waals surface area contributed by atoms with Crippen LogP contribution in [0.3, 0.4) is 0 Å². The third-order valence-corrected chi connectivity index (χ3v) is 5.95. The summed E-state index contributed by atoms with van der Waals surface area (Å²) >= 11 is 0. The largest absolute Gasteiger partial charge is 0.345 e. The summed E-state index contributed by atoms with van der Waals surface area (Å²) in [6.45, 7) is 3.74. The van der Waals surface area contributed by atoms with E-state index in [1.807, 2.05) is 31.2 Å². The molecule has 0 spiro atoms. The van der Waals surface area contributed by atoms with Crippen LogP contribution in [0.25, 0.3) is 22.2 Å². The fraction of sp³-hybridized carbons (Fsp3) is 0.435. The van der Waals surface area contributed by atoms with Crippen molar-refractivity contribution in [3.8, 4) is 11.1 Å². The molecule has 2 aromatic carbocycles. The van der Waals surface area contributed by atoms with Crippen molar-refractivity contribution in [1.29, 1.82) is 0 Å². The second-order valence-corrected chi connectivity index (χ2v) is 7.82. The molecule has 0 radical (unpaired) electrons. The molecule has 0 saturated heterocycles. The molecule has 1 aromatic heterocycles. The number of fused-ring (bicyclic) bond motifs is 1. The van der Waals surface area contributed by atoms with Crippen LogP contribution in [0.1, 0.15) is 49.7 Å². The van der Waals surface area contributed by atoms with Crippen LogP contribution in [0, 0.1) is 18.7 Å². The van der Waals surface area contributed by atoms with Gasteiger partial charge in [-0.2, -0.15) is 0 Å². The molecule has 3 nitrogen and oxygen atoms in total. The normalized spacial score (nSPS) is 14.9. The first-order valence-corrected chi connectivity index (χ1v) is 10.1. The lowest BCUT2D eigenvalue weighted by Gasteiger charge is -2.21. The zero-order valence-electron chi connectivity index (χ0n) is 16.4. The summed E-state index contributed by atoms with van der Waals surface area (Å²) in [6.07, 6.45) is 9.86. The second-order valence-electron chi connectivity index (χ2n) is 7.82. The molecule has 3 aromatic rings. The first-order chi connectivity index (χ1) is 13.2. The Morgan fingerprint density at radius 1 is 1.11 bits per heavy atom. The van der Waals surface area contributed by atoms with E-state index in [2.05, 4.69) is 15.3 Å². The van der Waals surface area contributed by atoms with Crippen LogP contribution in [0.15, 0.2) is 36.7 Å². The Morgan fingerprint density at radius 2 is 1.89 bits per heavy atom. The lowest BCUT2D eigenvalue weighted by Crippen LogP contribution is -2.19. The minimum Gasteiger partial charge on any atom is -0.345 e. The van der Waals surface area contributed by atoms with Crippen LogP contribution >= 0.6 is 12.4 Å². The average molecular weight is 402 g/mol. The van der Waals surface area contributed by atoms with Gasteiger partial charge in [-0.15, -0.1) is 12.4 Å². The van der Waals surface area contributed by atoms with Gasteiger partial charge >= 0.3 is 0 Å². The Morgan fingerprint density at radius 3 is 2.68 bits per heavy atom. The first kappa shape index (κ1) is 20.8. The van der Waals surface area contributed by atoms with Gasteiger partial charge in [-0.3, -0.25) is 0 Å². The Bertz CT molecular complexity index is 915. The Hall–Kier alpha value is -1.91. The lowest BCUT2D eigenvalue weighted by atomic mass is 9.87. The molecule has 0 atom stereocenters.